The van der Waals surface area contributed by atoms with Crippen molar-refractivity contribution >= 4 is 11.8 Å². The van der Waals surface area contributed by atoms with Crippen LogP contribution in [0, 0.1) is 0 Å². The van der Waals surface area contributed by atoms with Gasteiger partial charge in [-0.3, -0.25) is 0 Å². The molecule has 0 saturated heterocycles. The average Bonchev–Trinajstić information content (AvgIpc) is 2.94. The molecule has 0 radical (unpaired) electrons. The van der Waals surface area contributed by atoms with Gasteiger partial charge in [0.1, 0.15) is 0 Å². The van der Waals surface area contributed by atoms with Crippen LogP contribution in [0.3, 0.4) is 0 Å². The number of thioether (sulfide) groups is 1. The molecular formula is C16H24N4S. The van der Waals surface area contributed by atoms with E-state index < -0.39 is 0 Å². The van der Waals surface area contributed by atoms with Crippen molar-refractivity contribution in [2.45, 2.75) is 50.7 Å². The second-order valence-corrected chi connectivity index (χ2v) is 7.08. The SMILES string of the molecule is CSc1ccc(C(C)NCc2cn(C(C)(C)C)nn2)cc1. The molecule has 5 heteroatoms. The van der Waals surface area contributed by atoms with Crippen LogP contribution in [0.15, 0.2) is 35.4 Å². The van der Waals surface area contributed by atoms with Crippen LogP contribution in [0.4, 0.5) is 0 Å². The summed E-state index contributed by atoms with van der Waals surface area (Å²) in [6.07, 6.45) is 4.10. The third-order valence-electron chi connectivity index (χ3n) is 3.43. The predicted molar refractivity (Wildman–Crippen MR) is 88.5 cm³/mol. The molecule has 0 aliphatic rings. The second-order valence-electron chi connectivity index (χ2n) is 6.20. The zero-order valence-electron chi connectivity index (χ0n) is 13.4. The largest absolute Gasteiger partial charge is 0.304 e. The number of aromatic nitrogens is 3. The van der Waals surface area contributed by atoms with E-state index in [4.69, 9.17) is 0 Å². The van der Waals surface area contributed by atoms with E-state index in [9.17, 15) is 0 Å². The van der Waals surface area contributed by atoms with Gasteiger partial charge in [0.25, 0.3) is 0 Å². The number of hydrogen-bond acceptors (Lipinski definition) is 4. The Morgan fingerprint density at radius 2 is 1.90 bits per heavy atom. The van der Waals surface area contributed by atoms with Crippen molar-refractivity contribution in [3.8, 4) is 0 Å². The normalized spacial score (nSPS) is 13.4. The minimum absolute atomic E-state index is 0.0233. The summed E-state index contributed by atoms with van der Waals surface area (Å²) in [6.45, 7) is 9.25. The molecule has 1 N–H and O–H groups in total. The Morgan fingerprint density at radius 1 is 1.24 bits per heavy atom. The minimum atomic E-state index is -0.0233. The van der Waals surface area contributed by atoms with Crippen molar-refractivity contribution in [1.29, 1.82) is 0 Å². The highest BCUT2D eigenvalue weighted by atomic mass is 32.2. The maximum atomic E-state index is 4.22. The van der Waals surface area contributed by atoms with Crippen molar-refractivity contribution in [3.05, 3.63) is 41.7 Å². The first-order valence-corrected chi connectivity index (χ1v) is 8.41. The highest BCUT2D eigenvalue weighted by molar-refractivity contribution is 7.98. The summed E-state index contributed by atoms with van der Waals surface area (Å²) in [5.74, 6) is 0. The van der Waals surface area contributed by atoms with Gasteiger partial charge in [-0.25, -0.2) is 4.68 Å². The molecule has 1 aromatic heterocycles. The lowest BCUT2D eigenvalue weighted by Crippen LogP contribution is -2.22. The molecule has 114 valence electrons. The molecule has 0 bridgehead atoms. The summed E-state index contributed by atoms with van der Waals surface area (Å²) in [6, 6.07) is 8.97. The maximum absolute atomic E-state index is 4.22. The van der Waals surface area contributed by atoms with E-state index in [0.717, 1.165) is 12.2 Å². The second kappa shape index (κ2) is 6.62. The molecule has 4 nitrogen and oxygen atoms in total. The highest BCUT2D eigenvalue weighted by Crippen LogP contribution is 2.19. The van der Waals surface area contributed by atoms with Crippen molar-refractivity contribution in [2.24, 2.45) is 0 Å². The van der Waals surface area contributed by atoms with Crippen LogP contribution in [0.5, 0.6) is 0 Å². The third kappa shape index (κ3) is 4.32. The Morgan fingerprint density at radius 3 is 2.43 bits per heavy atom. The van der Waals surface area contributed by atoms with E-state index in [-0.39, 0.29) is 5.54 Å². The van der Waals surface area contributed by atoms with Gasteiger partial charge in [0, 0.05) is 17.5 Å². The van der Waals surface area contributed by atoms with E-state index in [1.54, 1.807) is 11.8 Å². The quantitative estimate of drug-likeness (QED) is 0.857. The summed E-state index contributed by atoms with van der Waals surface area (Å²) >= 11 is 1.76. The molecule has 0 spiro atoms. The first kappa shape index (κ1) is 16.0. The van der Waals surface area contributed by atoms with E-state index in [2.05, 4.69) is 73.8 Å². The number of hydrogen-bond donors (Lipinski definition) is 1. The van der Waals surface area contributed by atoms with Crippen LogP contribution in [0.1, 0.15) is 45.0 Å². The van der Waals surface area contributed by atoms with Gasteiger partial charge in [0.2, 0.25) is 0 Å². The van der Waals surface area contributed by atoms with Crippen LogP contribution >= 0.6 is 11.8 Å². The lowest BCUT2D eigenvalue weighted by molar-refractivity contribution is 0.347. The first-order valence-electron chi connectivity index (χ1n) is 7.19. The lowest BCUT2D eigenvalue weighted by Gasteiger charge is -2.17. The molecule has 0 fully saturated rings. The van der Waals surface area contributed by atoms with E-state index in [1.807, 2.05) is 10.9 Å². The van der Waals surface area contributed by atoms with Crippen LogP contribution in [0.25, 0.3) is 0 Å². The van der Waals surface area contributed by atoms with Gasteiger partial charge in [-0.1, -0.05) is 17.3 Å². The number of nitrogens with one attached hydrogen (secondary N) is 1. The van der Waals surface area contributed by atoms with Crippen molar-refractivity contribution in [1.82, 2.24) is 20.3 Å². The van der Waals surface area contributed by atoms with Crippen LogP contribution in [-0.4, -0.2) is 21.2 Å². The van der Waals surface area contributed by atoms with Gasteiger partial charge in [0.05, 0.1) is 17.4 Å². The van der Waals surface area contributed by atoms with Gasteiger partial charge in [-0.05, 0) is 51.6 Å². The summed E-state index contributed by atoms with van der Waals surface area (Å²) in [7, 11) is 0. The standard InChI is InChI=1S/C16H24N4S/c1-12(13-6-8-15(21-5)9-7-13)17-10-14-11-20(19-18-14)16(2,3)4/h6-9,11-12,17H,10H2,1-5H3. The molecule has 21 heavy (non-hydrogen) atoms. The van der Waals surface area contributed by atoms with Gasteiger partial charge in [-0.2, -0.15) is 0 Å². The van der Waals surface area contributed by atoms with Crippen LogP contribution in [-0.2, 0) is 12.1 Å². The molecule has 1 unspecified atom stereocenters. The van der Waals surface area contributed by atoms with Gasteiger partial charge >= 0.3 is 0 Å². The molecule has 1 atom stereocenters. The molecule has 2 rings (SSSR count). The fourth-order valence-electron chi connectivity index (χ4n) is 1.98. The Labute approximate surface area is 131 Å². The Balaban J connectivity index is 1.94. The molecule has 0 saturated carbocycles. The fourth-order valence-corrected chi connectivity index (χ4v) is 2.38. The van der Waals surface area contributed by atoms with Crippen LogP contribution in [0.2, 0.25) is 0 Å². The Kier molecular flexibility index (Phi) is 5.06. The average molecular weight is 304 g/mol. The summed E-state index contributed by atoms with van der Waals surface area (Å²) < 4.78 is 1.90. The predicted octanol–water partition coefficient (Wildman–Crippen LogP) is 3.61. The van der Waals surface area contributed by atoms with Gasteiger partial charge < -0.3 is 5.32 Å². The molecule has 0 aliphatic heterocycles. The smallest absolute Gasteiger partial charge is 0.0965 e. The topological polar surface area (TPSA) is 42.7 Å². The molecular weight excluding hydrogens is 280 g/mol. The molecule has 2 aromatic rings. The summed E-state index contributed by atoms with van der Waals surface area (Å²) in [4.78, 5) is 1.29. The number of benzene rings is 1. The van der Waals surface area contributed by atoms with Crippen LogP contribution < -0.4 is 5.32 Å². The summed E-state index contributed by atoms with van der Waals surface area (Å²) in [5, 5.41) is 11.9. The van der Waals surface area contributed by atoms with E-state index >= 15 is 0 Å². The monoisotopic (exact) mass is 304 g/mol. The zero-order chi connectivity index (χ0) is 15.5. The molecule has 0 aliphatic carbocycles. The van der Waals surface area contributed by atoms with Crippen molar-refractivity contribution in [3.63, 3.8) is 0 Å². The van der Waals surface area contributed by atoms with Crippen molar-refractivity contribution < 1.29 is 0 Å². The van der Waals surface area contributed by atoms with Gasteiger partial charge in [0.15, 0.2) is 0 Å². The molecule has 1 heterocycles. The molecule has 1 aromatic carbocycles. The maximum Gasteiger partial charge on any atom is 0.0965 e. The Bertz CT molecular complexity index is 569. The summed E-state index contributed by atoms with van der Waals surface area (Å²) in [5.41, 5.74) is 2.23. The molecule has 0 amide bonds. The third-order valence-corrected chi connectivity index (χ3v) is 4.18. The Hall–Kier alpha value is -1.33. The lowest BCUT2D eigenvalue weighted by atomic mass is 10.1. The fraction of sp³-hybridized carbons (Fsp3) is 0.500. The number of rotatable bonds is 5. The number of nitrogens with zero attached hydrogens (tertiary/aromatic N) is 3. The van der Waals surface area contributed by atoms with E-state index in [1.165, 1.54) is 10.5 Å². The first-order chi connectivity index (χ1) is 9.90. The minimum Gasteiger partial charge on any atom is -0.304 e. The van der Waals surface area contributed by atoms with E-state index in [0.29, 0.717) is 6.04 Å². The van der Waals surface area contributed by atoms with Gasteiger partial charge in [-0.15, -0.1) is 16.9 Å². The van der Waals surface area contributed by atoms with Crippen molar-refractivity contribution in [2.75, 3.05) is 6.26 Å². The highest BCUT2D eigenvalue weighted by Gasteiger charge is 2.15. The zero-order valence-corrected chi connectivity index (χ0v) is 14.2.